The molecule has 0 aliphatic heterocycles. The van der Waals surface area contributed by atoms with Gasteiger partial charge in [0.15, 0.2) is 0 Å². The Hall–Kier alpha value is -1.77. The van der Waals surface area contributed by atoms with Crippen molar-refractivity contribution in [3.63, 3.8) is 0 Å². The van der Waals surface area contributed by atoms with E-state index in [4.69, 9.17) is 0 Å². The van der Waals surface area contributed by atoms with Gasteiger partial charge in [0.2, 0.25) is 0 Å². The number of carbonyl (C=O) groups is 1. The van der Waals surface area contributed by atoms with Crippen molar-refractivity contribution in [2.24, 2.45) is 0 Å². The minimum atomic E-state index is -0.194. The molecule has 0 bridgehead atoms. The zero-order valence-corrected chi connectivity index (χ0v) is 11.2. The van der Waals surface area contributed by atoms with Crippen LogP contribution < -0.4 is 10.6 Å². The van der Waals surface area contributed by atoms with Crippen molar-refractivity contribution in [3.05, 3.63) is 43.0 Å². The molecule has 2 amide bonds. The van der Waals surface area contributed by atoms with Gasteiger partial charge in [0, 0.05) is 11.2 Å². The molecule has 2 N–H and O–H groups in total. The Balaban J connectivity index is 2.64. The highest BCUT2D eigenvalue weighted by Crippen LogP contribution is 2.20. The molecule has 1 aromatic carbocycles. The van der Waals surface area contributed by atoms with Gasteiger partial charge in [-0.3, -0.25) is 0 Å². The van der Waals surface area contributed by atoms with E-state index in [1.807, 2.05) is 36.4 Å². The van der Waals surface area contributed by atoms with E-state index in [1.54, 1.807) is 0 Å². The molecule has 0 saturated heterocycles. The van der Waals surface area contributed by atoms with Crippen LogP contribution in [0.2, 0.25) is 0 Å². The number of nitrogens with one attached hydrogen (secondary N) is 2. The predicted octanol–water partition coefficient (Wildman–Crippen LogP) is 3.94. The second-order valence-corrected chi connectivity index (χ2v) is 4.43. The molecule has 0 aromatic heterocycles. The summed E-state index contributed by atoms with van der Waals surface area (Å²) in [6.07, 6.45) is 4.41. The third-order valence-corrected chi connectivity index (χ3v) is 3.30. The Morgan fingerprint density at radius 2 is 1.89 bits per heavy atom. The Kier molecular flexibility index (Phi) is 5.43. The minimum absolute atomic E-state index is 0.160. The van der Waals surface area contributed by atoms with E-state index in [0.29, 0.717) is 0 Å². The molecule has 0 heterocycles. The number of hydrogen-bond acceptors (Lipinski definition) is 1. The molecule has 3 heteroatoms. The first-order valence-corrected chi connectivity index (χ1v) is 6.41. The molecular weight excluding hydrogens is 224 g/mol. The van der Waals surface area contributed by atoms with Crippen molar-refractivity contribution in [3.8, 4) is 0 Å². The van der Waals surface area contributed by atoms with Crippen LogP contribution in [0.1, 0.15) is 33.1 Å². The van der Waals surface area contributed by atoms with Gasteiger partial charge in [-0.2, -0.15) is 0 Å². The SMILES string of the molecule is C=CCC(CC)(CC)NC(=O)Nc1ccccc1. The number of urea groups is 1. The molecule has 0 radical (unpaired) electrons. The molecule has 0 spiro atoms. The summed E-state index contributed by atoms with van der Waals surface area (Å²) in [7, 11) is 0. The van der Waals surface area contributed by atoms with Gasteiger partial charge < -0.3 is 10.6 Å². The van der Waals surface area contributed by atoms with Gasteiger partial charge in [-0.05, 0) is 31.4 Å². The maximum atomic E-state index is 12.0. The van der Waals surface area contributed by atoms with E-state index in [-0.39, 0.29) is 11.6 Å². The molecule has 1 rings (SSSR count). The van der Waals surface area contributed by atoms with Gasteiger partial charge in [-0.25, -0.2) is 4.79 Å². The van der Waals surface area contributed by atoms with Crippen LogP contribution in [-0.2, 0) is 0 Å². The third-order valence-electron chi connectivity index (χ3n) is 3.30. The van der Waals surface area contributed by atoms with Gasteiger partial charge in [-0.15, -0.1) is 6.58 Å². The summed E-state index contributed by atoms with van der Waals surface area (Å²) in [5.41, 5.74) is 0.607. The number of benzene rings is 1. The van der Waals surface area contributed by atoms with Crippen LogP contribution in [0.4, 0.5) is 10.5 Å². The normalized spacial score (nSPS) is 10.8. The highest BCUT2D eigenvalue weighted by molar-refractivity contribution is 5.89. The molecular formula is C15H22N2O. The van der Waals surface area contributed by atoms with Crippen molar-refractivity contribution in [1.82, 2.24) is 5.32 Å². The van der Waals surface area contributed by atoms with E-state index in [2.05, 4.69) is 31.1 Å². The molecule has 0 aliphatic rings. The molecule has 98 valence electrons. The fourth-order valence-electron chi connectivity index (χ4n) is 1.97. The Morgan fingerprint density at radius 3 is 2.39 bits per heavy atom. The van der Waals surface area contributed by atoms with Crippen LogP contribution in [0.5, 0.6) is 0 Å². The van der Waals surface area contributed by atoms with Crippen molar-refractivity contribution in [2.45, 2.75) is 38.6 Å². The van der Waals surface area contributed by atoms with Crippen LogP contribution in [0.25, 0.3) is 0 Å². The lowest BCUT2D eigenvalue weighted by molar-refractivity contribution is 0.232. The number of hydrogen-bond donors (Lipinski definition) is 2. The van der Waals surface area contributed by atoms with E-state index < -0.39 is 0 Å². The van der Waals surface area contributed by atoms with Crippen molar-refractivity contribution < 1.29 is 4.79 Å². The van der Waals surface area contributed by atoms with Crippen molar-refractivity contribution >= 4 is 11.7 Å². The van der Waals surface area contributed by atoms with Gasteiger partial charge in [0.1, 0.15) is 0 Å². The van der Waals surface area contributed by atoms with E-state index in [9.17, 15) is 4.79 Å². The number of carbonyl (C=O) groups excluding carboxylic acids is 1. The smallest absolute Gasteiger partial charge is 0.319 e. The number of amides is 2. The first-order valence-electron chi connectivity index (χ1n) is 6.41. The average molecular weight is 246 g/mol. The molecule has 0 atom stereocenters. The molecule has 3 nitrogen and oxygen atoms in total. The Labute approximate surface area is 109 Å². The Morgan fingerprint density at radius 1 is 1.28 bits per heavy atom. The maximum absolute atomic E-state index is 12.0. The van der Waals surface area contributed by atoms with Crippen molar-refractivity contribution in [1.29, 1.82) is 0 Å². The standard InChI is InChI=1S/C15H22N2O/c1-4-12-15(5-2,6-3)17-14(18)16-13-10-8-7-9-11-13/h4,7-11H,1,5-6,12H2,2-3H3,(H2,16,17,18). The summed E-state index contributed by atoms with van der Waals surface area (Å²) < 4.78 is 0. The highest BCUT2D eigenvalue weighted by Gasteiger charge is 2.26. The van der Waals surface area contributed by atoms with Gasteiger partial charge in [-0.1, -0.05) is 38.1 Å². The number of anilines is 1. The summed E-state index contributed by atoms with van der Waals surface area (Å²) in [5.74, 6) is 0. The maximum Gasteiger partial charge on any atom is 0.319 e. The number of para-hydroxylation sites is 1. The van der Waals surface area contributed by atoms with E-state index in [1.165, 1.54) is 0 Å². The number of rotatable bonds is 6. The van der Waals surface area contributed by atoms with E-state index >= 15 is 0 Å². The lowest BCUT2D eigenvalue weighted by atomic mass is 9.89. The van der Waals surface area contributed by atoms with E-state index in [0.717, 1.165) is 24.9 Å². The zero-order valence-electron chi connectivity index (χ0n) is 11.2. The third kappa shape index (κ3) is 3.91. The molecule has 1 aromatic rings. The van der Waals surface area contributed by atoms with Crippen LogP contribution in [0.15, 0.2) is 43.0 Å². The topological polar surface area (TPSA) is 41.1 Å². The highest BCUT2D eigenvalue weighted by atomic mass is 16.2. The second kappa shape index (κ2) is 6.84. The second-order valence-electron chi connectivity index (χ2n) is 4.43. The summed E-state index contributed by atoms with van der Waals surface area (Å²) in [5, 5.41) is 5.90. The fraction of sp³-hybridized carbons (Fsp3) is 0.400. The summed E-state index contributed by atoms with van der Waals surface area (Å²) in [6.45, 7) is 7.92. The first-order chi connectivity index (χ1) is 8.65. The average Bonchev–Trinajstić information content (AvgIpc) is 2.39. The minimum Gasteiger partial charge on any atom is -0.332 e. The lowest BCUT2D eigenvalue weighted by Gasteiger charge is -2.31. The zero-order chi connectivity index (χ0) is 13.4. The van der Waals surface area contributed by atoms with Gasteiger partial charge >= 0.3 is 6.03 Å². The van der Waals surface area contributed by atoms with Gasteiger partial charge in [0.05, 0.1) is 0 Å². The monoisotopic (exact) mass is 246 g/mol. The van der Waals surface area contributed by atoms with Crippen LogP contribution >= 0.6 is 0 Å². The fourth-order valence-corrected chi connectivity index (χ4v) is 1.97. The molecule has 0 saturated carbocycles. The summed E-state index contributed by atoms with van der Waals surface area (Å²) >= 11 is 0. The summed E-state index contributed by atoms with van der Waals surface area (Å²) in [4.78, 5) is 12.0. The predicted molar refractivity (Wildman–Crippen MR) is 76.7 cm³/mol. The van der Waals surface area contributed by atoms with Crippen LogP contribution in [0.3, 0.4) is 0 Å². The largest absolute Gasteiger partial charge is 0.332 e. The first kappa shape index (κ1) is 14.3. The van der Waals surface area contributed by atoms with Crippen molar-refractivity contribution in [2.75, 3.05) is 5.32 Å². The van der Waals surface area contributed by atoms with Crippen LogP contribution in [-0.4, -0.2) is 11.6 Å². The Bertz CT molecular complexity index is 383. The molecule has 18 heavy (non-hydrogen) atoms. The molecule has 0 unspecified atom stereocenters. The van der Waals surface area contributed by atoms with Crippen LogP contribution in [0, 0.1) is 0 Å². The molecule has 0 aliphatic carbocycles. The molecule has 0 fully saturated rings. The van der Waals surface area contributed by atoms with Gasteiger partial charge in [0.25, 0.3) is 0 Å². The quantitative estimate of drug-likeness (QED) is 0.733. The lowest BCUT2D eigenvalue weighted by Crippen LogP contribution is -2.49. The summed E-state index contributed by atoms with van der Waals surface area (Å²) in [6, 6.07) is 9.28.